The third-order valence-corrected chi connectivity index (χ3v) is 5.99. The first-order valence-corrected chi connectivity index (χ1v) is 11.8. The van der Waals surface area contributed by atoms with Gasteiger partial charge in [-0.2, -0.15) is 0 Å². The van der Waals surface area contributed by atoms with Crippen molar-refractivity contribution in [3.63, 3.8) is 0 Å². The molecule has 1 amide bonds. The van der Waals surface area contributed by atoms with Crippen molar-refractivity contribution in [3.05, 3.63) is 77.2 Å². The second kappa shape index (κ2) is 10.8. The van der Waals surface area contributed by atoms with Crippen molar-refractivity contribution in [2.24, 2.45) is 5.73 Å². The van der Waals surface area contributed by atoms with Crippen molar-refractivity contribution >= 4 is 23.2 Å². The molecule has 9 nitrogen and oxygen atoms in total. The molecule has 5 rings (SSSR count). The summed E-state index contributed by atoms with van der Waals surface area (Å²) in [6.45, 7) is 3.99. The average Bonchev–Trinajstić information content (AvgIpc) is 3.49. The predicted molar refractivity (Wildman–Crippen MR) is 142 cm³/mol. The number of amides is 1. The molecule has 0 bridgehead atoms. The summed E-state index contributed by atoms with van der Waals surface area (Å²) in [4.78, 5) is 12.8. The van der Waals surface area contributed by atoms with Crippen LogP contribution >= 0.6 is 11.6 Å². The highest BCUT2D eigenvalue weighted by Crippen LogP contribution is 2.37. The van der Waals surface area contributed by atoms with E-state index in [-0.39, 0.29) is 26.7 Å². The highest BCUT2D eigenvalue weighted by Gasteiger charge is 2.29. The summed E-state index contributed by atoms with van der Waals surface area (Å²) in [5, 5.41) is 12.3. The number of carbonyl (C=O) groups is 1. The van der Waals surface area contributed by atoms with E-state index in [9.17, 15) is 4.79 Å². The van der Waals surface area contributed by atoms with Gasteiger partial charge in [0.1, 0.15) is 6.04 Å². The number of nitrogens with one attached hydrogen (secondary N) is 1. The highest BCUT2D eigenvalue weighted by atomic mass is 35.5. The molecule has 3 N–H and O–H groups in total. The van der Waals surface area contributed by atoms with Crippen LogP contribution in [0.4, 0.5) is 0 Å². The number of nitrogens with zero attached hydrogens (tertiary/aromatic N) is 3. The van der Waals surface area contributed by atoms with Crippen molar-refractivity contribution in [3.8, 4) is 22.6 Å². The number of hydrogen-bond acceptors (Lipinski definition) is 7. The summed E-state index contributed by atoms with van der Waals surface area (Å²) in [7, 11) is 0. The largest absolute Gasteiger partial charge is 0.454 e. The maximum absolute atomic E-state index is 12.8. The molecule has 2 aromatic heterocycles. The van der Waals surface area contributed by atoms with E-state index in [0.717, 1.165) is 16.7 Å². The number of fused-ring (bicyclic) bond motifs is 2. The first-order chi connectivity index (χ1) is 17.3. The number of halogens is 1. The van der Waals surface area contributed by atoms with Gasteiger partial charge < -0.3 is 25.3 Å². The number of carbonyl (C=O) groups excluding carboxylic acids is 1. The zero-order valence-corrected chi connectivity index (χ0v) is 20.7. The standard InChI is InChI=1S/C26H26ClN5O4.CH4/c1-26(2,28)25(33)29-20(14-34-13-16-6-4-3-5-7-16)24-31-30-23-19(11-18(27)12-32(23)24)17-8-9-21-22(10-17)36-15-35-21;/h3-12,20H,13-15,28H2,1-2H3,(H,29,33);1H4/t20-;/m1./s1. The maximum atomic E-state index is 12.8. The van der Waals surface area contributed by atoms with Gasteiger partial charge in [-0.3, -0.25) is 9.20 Å². The van der Waals surface area contributed by atoms with Crippen molar-refractivity contribution in [2.45, 2.75) is 39.5 Å². The first-order valence-electron chi connectivity index (χ1n) is 11.5. The lowest BCUT2D eigenvalue weighted by Gasteiger charge is -2.23. The minimum atomic E-state index is -1.09. The van der Waals surface area contributed by atoms with E-state index in [1.807, 2.05) is 54.6 Å². The number of pyridine rings is 1. The van der Waals surface area contributed by atoms with Crippen LogP contribution < -0.4 is 20.5 Å². The van der Waals surface area contributed by atoms with Gasteiger partial charge in [-0.15, -0.1) is 10.2 Å². The molecule has 1 aliphatic rings. The fourth-order valence-corrected chi connectivity index (χ4v) is 4.09. The van der Waals surface area contributed by atoms with Crippen LogP contribution in [0.1, 0.15) is 38.7 Å². The summed E-state index contributed by atoms with van der Waals surface area (Å²) in [6.07, 6.45) is 1.71. The molecule has 3 heterocycles. The zero-order chi connectivity index (χ0) is 25.3. The van der Waals surface area contributed by atoms with Crippen molar-refractivity contribution in [1.29, 1.82) is 0 Å². The molecule has 1 atom stereocenters. The predicted octanol–water partition coefficient (Wildman–Crippen LogP) is 4.53. The Kier molecular flexibility index (Phi) is 7.68. The molecular formula is C27H30ClN5O4. The van der Waals surface area contributed by atoms with Crippen LogP contribution in [0.15, 0.2) is 60.8 Å². The lowest BCUT2D eigenvalue weighted by Crippen LogP contribution is -2.50. The number of rotatable bonds is 8. The molecular weight excluding hydrogens is 494 g/mol. The van der Waals surface area contributed by atoms with Gasteiger partial charge in [0, 0.05) is 11.8 Å². The van der Waals surface area contributed by atoms with E-state index in [2.05, 4.69) is 15.5 Å². The molecule has 10 heteroatoms. The van der Waals surface area contributed by atoms with Gasteiger partial charge in [0.2, 0.25) is 12.7 Å². The van der Waals surface area contributed by atoms with E-state index >= 15 is 0 Å². The molecule has 0 radical (unpaired) electrons. The lowest BCUT2D eigenvalue weighted by molar-refractivity contribution is -0.126. The topological polar surface area (TPSA) is 113 Å². The van der Waals surface area contributed by atoms with Gasteiger partial charge in [-0.1, -0.05) is 55.4 Å². The molecule has 0 fully saturated rings. The Morgan fingerprint density at radius 1 is 1.16 bits per heavy atom. The number of hydrogen-bond donors (Lipinski definition) is 2. The van der Waals surface area contributed by atoms with Crippen LogP contribution in [0.5, 0.6) is 11.5 Å². The van der Waals surface area contributed by atoms with Crippen molar-refractivity contribution < 1.29 is 19.0 Å². The molecule has 194 valence electrons. The van der Waals surface area contributed by atoms with Crippen LogP contribution in [0, 0.1) is 0 Å². The van der Waals surface area contributed by atoms with E-state index in [1.54, 1.807) is 24.4 Å². The van der Waals surface area contributed by atoms with E-state index < -0.39 is 11.6 Å². The van der Waals surface area contributed by atoms with E-state index in [1.165, 1.54) is 0 Å². The first kappa shape index (κ1) is 26.4. The third-order valence-electron chi connectivity index (χ3n) is 5.78. The Labute approximate surface area is 220 Å². The van der Waals surface area contributed by atoms with Crippen LogP contribution in [-0.2, 0) is 16.1 Å². The minimum absolute atomic E-state index is 0. The summed E-state index contributed by atoms with van der Waals surface area (Å²) in [5.41, 5.74) is 8.14. The monoisotopic (exact) mass is 523 g/mol. The Morgan fingerprint density at radius 3 is 2.68 bits per heavy atom. The second-order valence-electron chi connectivity index (χ2n) is 9.14. The molecule has 1 aliphatic heterocycles. The van der Waals surface area contributed by atoms with Crippen LogP contribution in [-0.4, -0.2) is 39.4 Å². The fourth-order valence-electron chi connectivity index (χ4n) is 3.89. The van der Waals surface area contributed by atoms with E-state index in [4.69, 9.17) is 31.5 Å². The molecule has 0 saturated heterocycles. The van der Waals surface area contributed by atoms with Gasteiger partial charge in [0.15, 0.2) is 23.0 Å². The van der Waals surface area contributed by atoms with Gasteiger partial charge in [-0.05, 0) is 43.2 Å². The van der Waals surface area contributed by atoms with Crippen LogP contribution in [0.25, 0.3) is 16.8 Å². The summed E-state index contributed by atoms with van der Waals surface area (Å²) < 4.78 is 18.7. The number of nitrogens with two attached hydrogens (primary N) is 1. The Hall–Kier alpha value is -3.66. The molecule has 37 heavy (non-hydrogen) atoms. The Morgan fingerprint density at radius 2 is 1.92 bits per heavy atom. The lowest BCUT2D eigenvalue weighted by atomic mass is 10.1. The normalized spacial score (nSPS) is 13.3. The van der Waals surface area contributed by atoms with Gasteiger partial charge in [-0.25, -0.2) is 0 Å². The maximum Gasteiger partial charge on any atom is 0.240 e. The van der Waals surface area contributed by atoms with Gasteiger partial charge >= 0.3 is 0 Å². The molecule has 4 aromatic rings. The SMILES string of the molecule is C.CC(C)(N)C(=O)N[C@H](COCc1ccccc1)c1nnc2c(-c3ccc4c(c3)OCO4)cc(Cl)cn12. The zero-order valence-electron chi connectivity index (χ0n) is 19.9. The van der Waals surface area contributed by atoms with Crippen molar-refractivity contribution in [1.82, 2.24) is 19.9 Å². The smallest absolute Gasteiger partial charge is 0.240 e. The summed E-state index contributed by atoms with van der Waals surface area (Å²) in [6, 6.07) is 16.6. The van der Waals surface area contributed by atoms with Gasteiger partial charge in [0.05, 0.1) is 23.8 Å². The van der Waals surface area contributed by atoms with Crippen LogP contribution in [0.3, 0.4) is 0 Å². The Balaban J connectivity index is 0.00000320. The third kappa shape index (κ3) is 5.69. The molecule has 2 aromatic carbocycles. The number of benzene rings is 2. The van der Waals surface area contributed by atoms with Crippen molar-refractivity contribution in [2.75, 3.05) is 13.4 Å². The number of aromatic nitrogens is 3. The second-order valence-corrected chi connectivity index (χ2v) is 9.58. The summed E-state index contributed by atoms with van der Waals surface area (Å²) >= 11 is 6.52. The fraction of sp³-hybridized carbons (Fsp3) is 0.296. The number of ether oxygens (including phenoxy) is 3. The average molecular weight is 524 g/mol. The Bertz CT molecular complexity index is 1400. The van der Waals surface area contributed by atoms with E-state index in [0.29, 0.717) is 34.6 Å². The molecule has 0 unspecified atom stereocenters. The van der Waals surface area contributed by atoms with Crippen LogP contribution in [0.2, 0.25) is 5.02 Å². The quantitative estimate of drug-likeness (QED) is 0.349. The van der Waals surface area contributed by atoms with Gasteiger partial charge in [0.25, 0.3) is 0 Å². The molecule has 0 saturated carbocycles. The molecule has 0 spiro atoms. The molecule has 0 aliphatic carbocycles. The minimum Gasteiger partial charge on any atom is -0.454 e. The summed E-state index contributed by atoms with van der Waals surface area (Å²) in [5.74, 6) is 1.46. The highest BCUT2D eigenvalue weighted by molar-refractivity contribution is 6.31.